The second kappa shape index (κ2) is 12.1. The zero-order valence-electron chi connectivity index (χ0n) is 29.2. The topological polar surface area (TPSA) is 0 Å². The van der Waals surface area contributed by atoms with E-state index in [9.17, 15) is 0 Å². The summed E-state index contributed by atoms with van der Waals surface area (Å²) in [5.74, 6) is -1.66. The second-order valence-electron chi connectivity index (χ2n) is 14.8. The van der Waals surface area contributed by atoms with Crippen LogP contribution < -0.4 is 0 Å². The molecule has 2 aliphatic carbocycles. The van der Waals surface area contributed by atoms with Gasteiger partial charge in [0.25, 0.3) is 0 Å². The summed E-state index contributed by atoms with van der Waals surface area (Å²) in [6, 6.07) is 40.3. The van der Waals surface area contributed by atoms with Crippen molar-refractivity contribution in [2.24, 2.45) is 0 Å². The standard InChI is InChI=1S/C22H19.C21H17.C2H7Si.2ClH.Zr/c1-3-16-12-21-15(2)8-11-20(22(21)13-16)19-10-9-17-6-4-5-7-18(17)14-19;1-14-11-20-15(2)7-10-19(21(20)12-14)18-9-8-16-5-3-4-6-17(16)13-18;1-3-2;;;/h4-14H,3H2,1-2H3;3-13H,1-2H3;3H,1-2H3;2*1H;/q;;;;;+2/p-2. The van der Waals surface area contributed by atoms with Crippen LogP contribution in [0, 0.1) is 13.8 Å². The van der Waals surface area contributed by atoms with Gasteiger partial charge in [-0.15, -0.1) is 0 Å². The van der Waals surface area contributed by atoms with E-state index in [4.69, 9.17) is 17.0 Å². The predicted molar refractivity (Wildman–Crippen MR) is 216 cm³/mol. The fourth-order valence-corrected chi connectivity index (χ4v) is 41.7. The summed E-state index contributed by atoms with van der Waals surface area (Å²) in [4.78, 5) is 0. The molecule has 0 saturated heterocycles. The van der Waals surface area contributed by atoms with Crippen molar-refractivity contribution in [3.63, 3.8) is 0 Å². The summed E-state index contributed by atoms with van der Waals surface area (Å²) in [5, 5.41) is 5.05. The van der Waals surface area contributed by atoms with Crippen LogP contribution in [-0.2, 0) is 15.6 Å². The molecule has 6 aromatic carbocycles. The molecule has 2 unspecified atom stereocenters. The minimum atomic E-state index is -4.87. The van der Waals surface area contributed by atoms with Crippen LogP contribution >= 0.6 is 17.0 Å². The zero-order chi connectivity index (χ0) is 34.3. The Labute approximate surface area is 300 Å². The Balaban J connectivity index is 1.33. The van der Waals surface area contributed by atoms with Crippen molar-refractivity contribution < 1.29 is 15.6 Å². The van der Waals surface area contributed by atoms with E-state index in [1.54, 1.807) is 0 Å². The fourth-order valence-electron chi connectivity index (χ4n) is 9.26. The SMILES string of the molecule is CCC1=Cc2c(-c3ccc4ccccc4c3)ccc(C)c2[CH]1[Zr]([Cl])([Cl])([CH]1C(C)=Cc2c(-c3ccc4ccccc4c3)ccc(C)c21)[SiH](C)C. The van der Waals surface area contributed by atoms with Gasteiger partial charge in [0, 0.05) is 0 Å². The first-order valence-electron chi connectivity index (χ1n) is 17.7. The van der Waals surface area contributed by atoms with E-state index in [0.717, 1.165) is 6.42 Å². The first-order chi connectivity index (χ1) is 23.5. The number of benzene rings is 6. The Bertz CT molecular complexity index is 2400. The van der Waals surface area contributed by atoms with Gasteiger partial charge in [-0.2, -0.15) is 0 Å². The molecule has 0 saturated carbocycles. The van der Waals surface area contributed by atoms with E-state index in [0.29, 0.717) is 0 Å². The molecule has 0 spiro atoms. The molecule has 0 bridgehead atoms. The molecule has 0 amide bonds. The fraction of sp³-hybridized carbons (Fsp3) is 0.200. The molecule has 2 aliphatic rings. The van der Waals surface area contributed by atoms with Gasteiger partial charge < -0.3 is 0 Å². The summed E-state index contributed by atoms with van der Waals surface area (Å²) >= 11 is -4.87. The molecule has 49 heavy (non-hydrogen) atoms. The van der Waals surface area contributed by atoms with Crippen LogP contribution in [0.3, 0.4) is 0 Å². The van der Waals surface area contributed by atoms with E-state index in [1.165, 1.54) is 88.3 Å². The molecule has 2 atom stereocenters. The second-order valence-corrected chi connectivity index (χ2v) is 57.4. The number of allylic oxidation sites excluding steroid dienone is 2. The van der Waals surface area contributed by atoms with Gasteiger partial charge in [0.2, 0.25) is 0 Å². The van der Waals surface area contributed by atoms with E-state index >= 15 is 0 Å². The Kier molecular flexibility index (Phi) is 8.16. The van der Waals surface area contributed by atoms with Crippen molar-refractivity contribution >= 4 is 56.6 Å². The summed E-state index contributed by atoms with van der Waals surface area (Å²) in [7, 11) is 17.4. The van der Waals surface area contributed by atoms with Crippen LogP contribution in [0.4, 0.5) is 0 Å². The normalized spacial score (nSPS) is 17.9. The number of halogens is 2. The Morgan fingerprint density at radius 3 is 1.53 bits per heavy atom. The molecular weight excluding hydrogens is 731 g/mol. The molecule has 4 heteroatoms. The number of rotatable bonds is 6. The third kappa shape index (κ3) is 5.00. The number of fused-ring (bicyclic) bond motifs is 4. The van der Waals surface area contributed by atoms with Crippen LogP contribution in [0.15, 0.2) is 120 Å². The van der Waals surface area contributed by atoms with Crippen LogP contribution in [0.5, 0.6) is 0 Å². The van der Waals surface area contributed by atoms with Crippen molar-refractivity contribution in [1.29, 1.82) is 0 Å². The van der Waals surface area contributed by atoms with E-state index in [-0.39, 0.29) is 7.25 Å². The predicted octanol–water partition coefficient (Wildman–Crippen LogP) is 13.9. The van der Waals surface area contributed by atoms with Crippen molar-refractivity contribution in [1.82, 2.24) is 0 Å². The van der Waals surface area contributed by atoms with Gasteiger partial charge in [0.05, 0.1) is 0 Å². The molecule has 0 aromatic heterocycles. The molecule has 0 heterocycles. The van der Waals surface area contributed by atoms with Gasteiger partial charge in [-0.25, -0.2) is 0 Å². The van der Waals surface area contributed by atoms with Crippen LogP contribution in [0.25, 0.3) is 56.0 Å². The van der Waals surface area contributed by atoms with E-state index in [2.05, 4.69) is 162 Å². The van der Waals surface area contributed by atoms with Crippen LogP contribution in [0.2, 0.25) is 13.1 Å². The molecule has 6 aromatic rings. The number of hydrogen-bond donors (Lipinski definition) is 0. The summed E-state index contributed by atoms with van der Waals surface area (Å²) < 4.78 is 0.154. The monoisotopic (exact) mass is 771 g/mol. The molecule has 0 fully saturated rings. The average Bonchev–Trinajstić information content (AvgIpc) is 3.69. The molecule has 8 rings (SSSR count). The third-order valence-corrected chi connectivity index (χ3v) is 63.8. The molecule has 0 N–H and O–H groups in total. The molecule has 0 aliphatic heterocycles. The number of hydrogen-bond acceptors (Lipinski definition) is 0. The average molecular weight is 774 g/mol. The van der Waals surface area contributed by atoms with Gasteiger partial charge in [-0.3, -0.25) is 0 Å². The van der Waals surface area contributed by atoms with Gasteiger partial charge in [0.15, 0.2) is 0 Å². The Hall–Kier alpha value is -3.00. The molecule has 245 valence electrons. The van der Waals surface area contributed by atoms with Gasteiger partial charge >= 0.3 is 303 Å². The van der Waals surface area contributed by atoms with E-state index in [1.807, 2.05) is 0 Å². The molecular formula is C45H43Cl2SiZr. The first-order valence-corrected chi connectivity index (χ1v) is 34.0. The van der Waals surface area contributed by atoms with Crippen molar-refractivity contribution in [2.75, 3.05) is 0 Å². The van der Waals surface area contributed by atoms with Crippen molar-refractivity contribution in [3.05, 3.63) is 154 Å². The van der Waals surface area contributed by atoms with Crippen molar-refractivity contribution in [2.45, 2.75) is 54.5 Å². The minimum absolute atomic E-state index is 0.0708. The first kappa shape index (κ1) is 33.2. The maximum atomic E-state index is 8.72. The quantitative estimate of drug-likeness (QED) is 0.148. The zero-order valence-corrected chi connectivity index (χ0v) is 34.4. The Morgan fingerprint density at radius 2 is 1.04 bits per heavy atom. The van der Waals surface area contributed by atoms with Gasteiger partial charge in [-0.05, 0) is 0 Å². The van der Waals surface area contributed by atoms with Gasteiger partial charge in [0.1, 0.15) is 0 Å². The molecule has 0 radical (unpaired) electrons. The Morgan fingerprint density at radius 1 is 0.571 bits per heavy atom. The maximum absolute atomic E-state index is 8.72. The van der Waals surface area contributed by atoms with Crippen molar-refractivity contribution in [3.8, 4) is 22.3 Å². The van der Waals surface area contributed by atoms with E-state index < -0.39 is 21.5 Å². The molecule has 0 nitrogen and oxygen atoms in total. The van der Waals surface area contributed by atoms with Crippen LogP contribution in [-0.4, -0.2) is 5.92 Å². The number of aryl methyl sites for hydroxylation is 2. The summed E-state index contributed by atoms with van der Waals surface area (Å²) in [6.45, 7) is 14.1. The van der Waals surface area contributed by atoms with Gasteiger partial charge in [-0.1, -0.05) is 0 Å². The third-order valence-electron chi connectivity index (χ3n) is 11.9. The summed E-state index contributed by atoms with van der Waals surface area (Å²) in [5.41, 5.74) is 15.8. The van der Waals surface area contributed by atoms with Crippen LogP contribution in [0.1, 0.15) is 60.9 Å². The summed E-state index contributed by atoms with van der Waals surface area (Å²) in [6.07, 6.45) is 5.87.